The van der Waals surface area contributed by atoms with Crippen LogP contribution in [0.15, 0.2) is 39.4 Å². The van der Waals surface area contributed by atoms with Gasteiger partial charge in [0.05, 0.1) is 11.7 Å². The van der Waals surface area contributed by atoms with Crippen molar-refractivity contribution in [2.24, 2.45) is 5.73 Å². The van der Waals surface area contributed by atoms with Crippen molar-refractivity contribution in [1.82, 2.24) is 4.98 Å². The molecule has 2 aromatic rings. The molecule has 1 atom stereocenters. The van der Waals surface area contributed by atoms with Crippen LogP contribution in [-0.2, 0) is 6.42 Å². The van der Waals surface area contributed by atoms with Crippen molar-refractivity contribution >= 4 is 31.9 Å². The van der Waals surface area contributed by atoms with Crippen LogP contribution in [0.1, 0.15) is 17.3 Å². The van der Waals surface area contributed by atoms with E-state index in [9.17, 15) is 8.78 Å². The van der Waals surface area contributed by atoms with E-state index in [1.54, 1.807) is 6.20 Å². The highest BCUT2D eigenvalue weighted by Crippen LogP contribution is 2.26. The predicted octanol–water partition coefficient (Wildman–Crippen LogP) is 4.13. The van der Waals surface area contributed by atoms with Gasteiger partial charge in [0, 0.05) is 21.2 Å². The molecule has 0 bridgehead atoms. The molecule has 2 nitrogen and oxygen atoms in total. The summed E-state index contributed by atoms with van der Waals surface area (Å²) in [4.78, 5) is 4.21. The summed E-state index contributed by atoms with van der Waals surface area (Å²) in [5.74, 6) is -1.19. The third kappa shape index (κ3) is 3.58. The Bertz CT molecular complexity index is 605. The molecule has 19 heavy (non-hydrogen) atoms. The minimum absolute atomic E-state index is 0.249. The third-order valence-corrected chi connectivity index (χ3v) is 3.71. The van der Waals surface area contributed by atoms with Crippen LogP contribution >= 0.6 is 31.9 Å². The first-order valence-electron chi connectivity index (χ1n) is 5.48. The van der Waals surface area contributed by atoms with E-state index in [0.29, 0.717) is 11.3 Å². The lowest BCUT2D eigenvalue weighted by Crippen LogP contribution is -2.16. The highest BCUT2D eigenvalue weighted by Gasteiger charge is 2.15. The molecule has 0 saturated heterocycles. The maximum atomic E-state index is 13.6. The number of rotatable bonds is 3. The molecule has 100 valence electrons. The van der Waals surface area contributed by atoms with Crippen LogP contribution in [0.25, 0.3) is 0 Å². The van der Waals surface area contributed by atoms with E-state index in [1.165, 1.54) is 12.1 Å². The summed E-state index contributed by atoms with van der Waals surface area (Å²) in [6.45, 7) is 0. The van der Waals surface area contributed by atoms with Crippen molar-refractivity contribution in [3.8, 4) is 0 Å². The Morgan fingerprint density at radius 3 is 2.58 bits per heavy atom. The molecule has 6 heteroatoms. The molecule has 0 spiro atoms. The largest absolute Gasteiger partial charge is 0.322 e. The summed E-state index contributed by atoms with van der Waals surface area (Å²) in [5.41, 5.74) is 7.01. The molecule has 1 aromatic carbocycles. The Balaban J connectivity index is 2.23. The molecular formula is C13H10Br2F2N2. The van der Waals surface area contributed by atoms with Crippen LogP contribution < -0.4 is 5.73 Å². The molecule has 0 amide bonds. The molecule has 2 N–H and O–H groups in total. The Kier molecular flexibility index (Phi) is 4.65. The average Bonchev–Trinajstić information content (AvgIpc) is 2.32. The zero-order chi connectivity index (χ0) is 14.0. The maximum absolute atomic E-state index is 13.6. The van der Waals surface area contributed by atoms with Gasteiger partial charge in [0.25, 0.3) is 0 Å². The quantitative estimate of drug-likeness (QED) is 0.854. The Morgan fingerprint density at radius 2 is 1.95 bits per heavy atom. The first-order valence-corrected chi connectivity index (χ1v) is 7.06. The summed E-state index contributed by atoms with van der Waals surface area (Å²) >= 11 is 6.66. The van der Waals surface area contributed by atoms with Crippen molar-refractivity contribution in [2.45, 2.75) is 12.5 Å². The summed E-state index contributed by atoms with van der Waals surface area (Å²) in [7, 11) is 0. The molecule has 0 saturated carbocycles. The predicted molar refractivity (Wildman–Crippen MR) is 76.6 cm³/mol. The Hall–Kier alpha value is -0.850. The van der Waals surface area contributed by atoms with E-state index in [0.717, 1.165) is 15.0 Å². The number of benzene rings is 1. The van der Waals surface area contributed by atoms with Gasteiger partial charge >= 0.3 is 0 Å². The van der Waals surface area contributed by atoms with Crippen LogP contribution in [0.3, 0.4) is 0 Å². The fourth-order valence-corrected chi connectivity index (χ4v) is 3.00. The molecule has 0 aliphatic carbocycles. The van der Waals surface area contributed by atoms with E-state index in [-0.39, 0.29) is 6.42 Å². The normalized spacial score (nSPS) is 12.5. The molecule has 1 unspecified atom stereocenters. The molecule has 1 aromatic heterocycles. The van der Waals surface area contributed by atoms with Gasteiger partial charge in [-0.15, -0.1) is 0 Å². The lowest BCUT2D eigenvalue weighted by molar-refractivity contribution is 0.561. The van der Waals surface area contributed by atoms with Gasteiger partial charge in [0.1, 0.15) is 11.6 Å². The van der Waals surface area contributed by atoms with Gasteiger partial charge in [0.2, 0.25) is 0 Å². The lowest BCUT2D eigenvalue weighted by atomic mass is 10.0. The van der Waals surface area contributed by atoms with Gasteiger partial charge in [-0.1, -0.05) is 6.07 Å². The fourth-order valence-electron chi connectivity index (χ4n) is 1.72. The van der Waals surface area contributed by atoms with Gasteiger partial charge in [0.15, 0.2) is 0 Å². The second-order valence-corrected chi connectivity index (χ2v) is 5.84. The van der Waals surface area contributed by atoms with Gasteiger partial charge in [-0.3, -0.25) is 4.98 Å². The smallest absolute Gasteiger partial charge is 0.129 e. The lowest BCUT2D eigenvalue weighted by Gasteiger charge is -2.13. The zero-order valence-corrected chi connectivity index (χ0v) is 12.9. The highest BCUT2D eigenvalue weighted by molar-refractivity contribution is 9.11. The van der Waals surface area contributed by atoms with Crippen molar-refractivity contribution in [1.29, 1.82) is 0 Å². The van der Waals surface area contributed by atoms with Crippen molar-refractivity contribution < 1.29 is 8.78 Å². The van der Waals surface area contributed by atoms with Gasteiger partial charge in [-0.05, 0) is 56.0 Å². The van der Waals surface area contributed by atoms with E-state index >= 15 is 0 Å². The second-order valence-electron chi connectivity index (χ2n) is 4.07. The Morgan fingerprint density at radius 1 is 1.21 bits per heavy atom. The van der Waals surface area contributed by atoms with Crippen molar-refractivity contribution in [3.05, 3.63) is 62.3 Å². The molecule has 2 rings (SSSR count). The first kappa shape index (κ1) is 14.6. The SMILES string of the molecule is NC(Cc1ccc(F)cc1F)c1ncc(Br)cc1Br. The second kappa shape index (κ2) is 6.07. The van der Waals surface area contributed by atoms with E-state index in [1.807, 2.05) is 6.07 Å². The third-order valence-electron chi connectivity index (χ3n) is 2.64. The number of nitrogens with zero attached hydrogens (tertiary/aromatic N) is 1. The number of nitrogens with two attached hydrogens (primary N) is 1. The number of halogens is 4. The minimum atomic E-state index is -0.599. The number of hydrogen-bond acceptors (Lipinski definition) is 2. The summed E-state index contributed by atoms with van der Waals surface area (Å²) in [6.07, 6.45) is 1.88. The van der Waals surface area contributed by atoms with Crippen LogP contribution in [0, 0.1) is 11.6 Å². The molecule has 0 fully saturated rings. The number of aromatic nitrogens is 1. The van der Waals surface area contributed by atoms with Crippen LogP contribution in [0.4, 0.5) is 8.78 Å². The fraction of sp³-hybridized carbons (Fsp3) is 0.154. The van der Waals surface area contributed by atoms with Gasteiger partial charge in [-0.25, -0.2) is 8.78 Å². The summed E-state index contributed by atoms with van der Waals surface area (Å²) in [6, 6.07) is 4.82. The molecule has 0 aliphatic heterocycles. The van der Waals surface area contributed by atoms with Crippen LogP contribution in [0.2, 0.25) is 0 Å². The summed E-state index contributed by atoms with van der Waals surface area (Å²) < 4.78 is 27.9. The van der Waals surface area contributed by atoms with Gasteiger partial charge in [-0.2, -0.15) is 0 Å². The molecular weight excluding hydrogens is 382 g/mol. The number of hydrogen-bond donors (Lipinski definition) is 1. The number of pyridine rings is 1. The topological polar surface area (TPSA) is 38.9 Å². The van der Waals surface area contributed by atoms with E-state index in [2.05, 4.69) is 36.8 Å². The summed E-state index contributed by atoms with van der Waals surface area (Å²) in [5, 5.41) is 0. The molecule has 1 heterocycles. The standard InChI is InChI=1S/C13H10Br2F2N2/c14-8-4-10(15)13(19-6-8)12(18)3-7-1-2-9(16)5-11(7)17/h1-2,4-6,12H,3,18H2. The van der Waals surface area contributed by atoms with E-state index in [4.69, 9.17) is 5.73 Å². The Labute approximate surface area is 126 Å². The maximum Gasteiger partial charge on any atom is 0.129 e. The van der Waals surface area contributed by atoms with Gasteiger partial charge < -0.3 is 5.73 Å². The zero-order valence-electron chi connectivity index (χ0n) is 9.71. The van der Waals surface area contributed by atoms with E-state index < -0.39 is 17.7 Å². The van der Waals surface area contributed by atoms with Crippen molar-refractivity contribution in [2.75, 3.05) is 0 Å². The molecule has 0 aliphatic rings. The highest BCUT2D eigenvalue weighted by atomic mass is 79.9. The minimum Gasteiger partial charge on any atom is -0.322 e. The first-order chi connectivity index (χ1) is 8.97. The van der Waals surface area contributed by atoms with Crippen LogP contribution in [0.5, 0.6) is 0 Å². The monoisotopic (exact) mass is 390 g/mol. The van der Waals surface area contributed by atoms with Crippen molar-refractivity contribution in [3.63, 3.8) is 0 Å². The average molecular weight is 392 g/mol. The molecule has 0 radical (unpaired) electrons. The van der Waals surface area contributed by atoms with Crippen LogP contribution in [-0.4, -0.2) is 4.98 Å².